The van der Waals surface area contributed by atoms with E-state index in [1.54, 1.807) is 12.1 Å². The van der Waals surface area contributed by atoms with Gasteiger partial charge < -0.3 is 14.6 Å². The van der Waals surface area contributed by atoms with E-state index in [-0.39, 0.29) is 0 Å². The van der Waals surface area contributed by atoms with Crippen LogP contribution >= 0.6 is 0 Å². The van der Waals surface area contributed by atoms with E-state index in [0.29, 0.717) is 5.56 Å². The van der Waals surface area contributed by atoms with E-state index in [2.05, 4.69) is 0 Å². The summed E-state index contributed by atoms with van der Waals surface area (Å²) >= 11 is 0. The van der Waals surface area contributed by atoms with Crippen molar-refractivity contribution in [3.05, 3.63) is 35.5 Å². The lowest BCUT2D eigenvalue weighted by Gasteiger charge is -2.09. The molecule has 17 heavy (non-hydrogen) atoms. The summed E-state index contributed by atoms with van der Waals surface area (Å²) < 4.78 is 1.97. The van der Waals surface area contributed by atoms with Gasteiger partial charge >= 0.3 is 5.97 Å². The van der Waals surface area contributed by atoms with Crippen molar-refractivity contribution in [1.82, 2.24) is 9.47 Å². The van der Waals surface area contributed by atoms with Crippen LogP contribution in [0.15, 0.2) is 24.4 Å². The van der Waals surface area contributed by atoms with Crippen molar-refractivity contribution in [2.24, 2.45) is 7.05 Å². The maximum Gasteiger partial charge on any atom is 0.336 e. The molecule has 0 aliphatic carbocycles. The molecule has 1 aromatic heterocycles. The molecule has 0 spiro atoms. The smallest absolute Gasteiger partial charge is 0.336 e. The SMILES string of the molecule is CN(C)Cc1cn(C)c2cccc(C(=O)O)c12. The number of hydrogen-bond donors (Lipinski definition) is 1. The zero-order valence-corrected chi connectivity index (χ0v) is 10.3. The number of aryl methyl sites for hydroxylation is 1. The van der Waals surface area contributed by atoms with Crippen LogP contribution in [0.5, 0.6) is 0 Å². The molecule has 1 aromatic carbocycles. The second kappa shape index (κ2) is 4.22. The molecule has 0 bridgehead atoms. The van der Waals surface area contributed by atoms with Gasteiger partial charge in [-0.15, -0.1) is 0 Å². The van der Waals surface area contributed by atoms with Crippen molar-refractivity contribution in [2.75, 3.05) is 14.1 Å². The van der Waals surface area contributed by atoms with Crippen molar-refractivity contribution in [1.29, 1.82) is 0 Å². The van der Waals surface area contributed by atoms with Crippen LogP contribution in [0.4, 0.5) is 0 Å². The van der Waals surface area contributed by atoms with Crippen molar-refractivity contribution in [2.45, 2.75) is 6.54 Å². The first-order valence-electron chi connectivity index (χ1n) is 5.45. The molecular weight excluding hydrogens is 216 g/mol. The fourth-order valence-electron chi connectivity index (χ4n) is 2.18. The Morgan fingerprint density at radius 3 is 2.71 bits per heavy atom. The Hall–Kier alpha value is -1.81. The summed E-state index contributed by atoms with van der Waals surface area (Å²) in [4.78, 5) is 13.3. The molecule has 0 amide bonds. The summed E-state index contributed by atoms with van der Waals surface area (Å²) in [5.74, 6) is -0.873. The minimum absolute atomic E-state index is 0.375. The van der Waals surface area contributed by atoms with Crippen LogP contribution in [-0.4, -0.2) is 34.6 Å². The van der Waals surface area contributed by atoms with E-state index in [0.717, 1.165) is 23.0 Å². The summed E-state index contributed by atoms with van der Waals surface area (Å²) in [6.07, 6.45) is 2.00. The normalized spacial score (nSPS) is 11.3. The Morgan fingerprint density at radius 2 is 2.12 bits per heavy atom. The summed E-state index contributed by atoms with van der Waals surface area (Å²) in [7, 11) is 5.89. The van der Waals surface area contributed by atoms with Crippen LogP contribution in [0, 0.1) is 0 Å². The zero-order valence-electron chi connectivity index (χ0n) is 10.3. The van der Waals surface area contributed by atoms with E-state index in [1.807, 2.05) is 42.9 Å². The molecule has 0 saturated carbocycles. The standard InChI is InChI=1S/C13H16N2O2/c1-14(2)7-9-8-15(3)11-6-4-5-10(12(9)11)13(16)17/h4-6,8H,7H2,1-3H3,(H,16,17). The van der Waals surface area contributed by atoms with E-state index in [9.17, 15) is 9.90 Å². The Morgan fingerprint density at radius 1 is 1.41 bits per heavy atom. The minimum Gasteiger partial charge on any atom is -0.478 e. The number of aromatic nitrogens is 1. The Balaban J connectivity index is 2.72. The van der Waals surface area contributed by atoms with Gasteiger partial charge in [-0.3, -0.25) is 0 Å². The first kappa shape index (κ1) is 11.7. The highest BCUT2D eigenvalue weighted by atomic mass is 16.4. The lowest BCUT2D eigenvalue weighted by atomic mass is 10.1. The lowest BCUT2D eigenvalue weighted by molar-refractivity contribution is 0.0699. The molecule has 0 aliphatic heterocycles. The van der Waals surface area contributed by atoms with Crippen molar-refractivity contribution >= 4 is 16.9 Å². The van der Waals surface area contributed by atoms with Gasteiger partial charge in [-0.2, -0.15) is 0 Å². The van der Waals surface area contributed by atoms with E-state index in [1.165, 1.54) is 0 Å². The van der Waals surface area contributed by atoms with Gasteiger partial charge in [-0.25, -0.2) is 4.79 Å². The molecule has 0 unspecified atom stereocenters. The molecular formula is C13H16N2O2. The number of carboxylic acid groups (broad SMARTS) is 1. The second-order valence-corrected chi connectivity index (χ2v) is 4.51. The summed E-state index contributed by atoms with van der Waals surface area (Å²) in [6, 6.07) is 5.38. The monoisotopic (exact) mass is 232 g/mol. The molecule has 0 radical (unpaired) electrons. The van der Waals surface area contributed by atoms with Gasteiger partial charge in [0.25, 0.3) is 0 Å². The first-order valence-corrected chi connectivity index (χ1v) is 5.45. The van der Waals surface area contributed by atoms with Crippen molar-refractivity contribution < 1.29 is 9.90 Å². The highest BCUT2D eigenvalue weighted by Gasteiger charge is 2.15. The highest BCUT2D eigenvalue weighted by molar-refractivity contribution is 6.04. The van der Waals surface area contributed by atoms with Gasteiger partial charge in [0, 0.05) is 30.7 Å². The molecule has 4 nitrogen and oxygen atoms in total. The highest BCUT2D eigenvalue weighted by Crippen LogP contribution is 2.25. The molecule has 0 saturated heterocycles. The quantitative estimate of drug-likeness (QED) is 0.879. The van der Waals surface area contributed by atoms with Crippen LogP contribution in [0.25, 0.3) is 10.9 Å². The van der Waals surface area contributed by atoms with Crippen LogP contribution in [0.2, 0.25) is 0 Å². The number of benzene rings is 1. The van der Waals surface area contributed by atoms with E-state index >= 15 is 0 Å². The predicted octanol–water partition coefficient (Wildman–Crippen LogP) is 1.94. The molecule has 1 heterocycles. The van der Waals surface area contributed by atoms with Gasteiger partial charge in [0.2, 0.25) is 0 Å². The van der Waals surface area contributed by atoms with Crippen molar-refractivity contribution in [3.63, 3.8) is 0 Å². The van der Waals surface area contributed by atoms with Crippen LogP contribution in [0.3, 0.4) is 0 Å². The number of rotatable bonds is 3. The number of nitrogens with zero attached hydrogens (tertiary/aromatic N) is 2. The third-order valence-corrected chi connectivity index (χ3v) is 2.81. The summed E-state index contributed by atoms with van der Waals surface area (Å²) in [6.45, 7) is 0.738. The number of aromatic carboxylic acids is 1. The maximum absolute atomic E-state index is 11.2. The van der Waals surface area contributed by atoms with Crippen LogP contribution < -0.4 is 0 Å². The summed E-state index contributed by atoms with van der Waals surface area (Å²) in [5, 5.41) is 10.1. The topological polar surface area (TPSA) is 45.5 Å². The van der Waals surface area contributed by atoms with E-state index in [4.69, 9.17) is 0 Å². The molecule has 0 fully saturated rings. The average Bonchev–Trinajstić information content (AvgIpc) is 2.55. The maximum atomic E-state index is 11.2. The molecule has 0 atom stereocenters. The molecule has 2 aromatic rings. The number of carboxylic acids is 1. The Bertz CT molecular complexity index is 570. The first-order chi connectivity index (χ1) is 8.00. The van der Waals surface area contributed by atoms with Crippen LogP contribution in [0.1, 0.15) is 15.9 Å². The van der Waals surface area contributed by atoms with E-state index < -0.39 is 5.97 Å². The Kier molecular flexibility index (Phi) is 2.90. The largest absolute Gasteiger partial charge is 0.478 e. The predicted molar refractivity (Wildman–Crippen MR) is 67.3 cm³/mol. The minimum atomic E-state index is -0.873. The second-order valence-electron chi connectivity index (χ2n) is 4.51. The van der Waals surface area contributed by atoms with Gasteiger partial charge in [0.05, 0.1) is 5.56 Å². The number of fused-ring (bicyclic) bond motifs is 1. The third-order valence-electron chi connectivity index (χ3n) is 2.81. The summed E-state index contributed by atoms with van der Waals surface area (Å²) in [5.41, 5.74) is 2.38. The van der Waals surface area contributed by atoms with Gasteiger partial charge in [0.1, 0.15) is 0 Å². The molecule has 4 heteroatoms. The fourth-order valence-corrected chi connectivity index (χ4v) is 2.18. The molecule has 1 N–H and O–H groups in total. The molecule has 2 rings (SSSR count). The third kappa shape index (κ3) is 2.03. The lowest BCUT2D eigenvalue weighted by Crippen LogP contribution is -2.11. The molecule has 90 valence electrons. The van der Waals surface area contributed by atoms with Crippen LogP contribution in [-0.2, 0) is 13.6 Å². The number of carbonyl (C=O) groups is 1. The van der Waals surface area contributed by atoms with Gasteiger partial charge in [-0.05, 0) is 31.8 Å². The van der Waals surface area contributed by atoms with Gasteiger partial charge in [0.15, 0.2) is 0 Å². The van der Waals surface area contributed by atoms with Gasteiger partial charge in [-0.1, -0.05) is 6.07 Å². The zero-order chi connectivity index (χ0) is 12.6. The molecule has 0 aliphatic rings. The Labute approximate surface area is 100 Å². The number of hydrogen-bond acceptors (Lipinski definition) is 2. The van der Waals surface area contributed by atoms with Crippen molar-refractivity contribution in [3.8, 4) is 0 Å². The average molecular weight is 232 g/mol. The fraction of sp³-hybridized carbons (Fsp3) is 0.308.